The Labute approximate surface area is 279 Å². The van der Waals surface area contributed by atoms with E-state index in [0.717, 1.165) is 21.0 Å². The number of rotatable bonds is 11. The van der Waals surface area contributed by atoms with Crippen LogP contribution in [0, 0.1) is 13.8 Å². The first-order valence-electron chi connectivity index (χ1n) is 13.0. The molecule has 0 aliphatic heterocycles. The minimum absolute atomic E-state index is 0.0358. The molecule has 4 aromatic rings. The van der Waals surface area contributed by atoms with E-state index < -0.39 is 22.5 Å². The number of nitrogens with one attached hydrogen (secondary N) is 1. The molecule has 0 fully saturated rings. The number of aryl methyl sites for hydroxylation is 2. The molecular formula is C31H27BrCl3N3O5S. The first-order valence-corrected chi connectivity index (χ1v) is 16.4. The van der Waals surface area contributed by atoms with E-state index in [0.29, 0.717) is 36.6 Å². The van der Waals surface area contributed by atoms with Gasteiger partial charge in [-0.05, 0) is 89.4 Å². The summed E-state index contributed by atoms with van der Waals surface area (Å²) in [7, 11) is -2.62. The number of hydrogen-bond donors (Lipinski definition) is 1. The number of sulfonamides is 1. The zero-order valence-electron chi connectivity index (χ0n) is 23.8. The highest BCUT2D eigenvalue weighted by Gasteiger charge is 2.27. The van der Waals surface area contributed by atoms with Crippen molar-refractivity contribution in [3.05, 3.63) is 115 Å². The van der Waals surface area contributed by atoms with Gasteiger partial charge in [-0.25, -0.2) is 13.8 Å². The average Bonchev–Trinajstić information content (AvgIpc) is 2.97. The minimum atomic E-state index is -4.11. The van der Waals surface area contributed by atoms with Crippen LogP contribution in [0.2, 0.25) is 15.1 Å². The Morgan fingerprint density at radius 2 is 1.70 bits per heavy atom. The molecular weight excluding hydrogens is 713 g/mol. The van der Waals surface area contributed by atoms with Crippen molar-refractivity contribution in [1.82, 2.24) is 5.43 Å². The van der Waals surface area contributed by atoms with E-state index in [1.807, 2.05) is 6.92 Å². The second-order valence-electron chi connectivity index (χ2n) is 9.61. The number of hydrazone groups is 1. The summed E-state index contributed by atoms with van der Waals surface area (Å²) in [6.07, 6.45) is 1.40. The summed E-state index contributed by atoms with van der Waals surface area (Å²) in [6, 6.07) is 19.7. The number of methoxy groups -OCH3 is 1. The number of amides is 1. The molecule has 0 atom stereocenters. The summed E-state index contributed by atoms with van der Waals surface area (Å²) >= 11 is 22.0. The van der Waals surface area contributed by atoms with E-state index in [1.54, 1.807) is 61.5 Å². The SMILES string of the molecule is COc1cc(/C=N\NC(=O)CN(c2ccc(C)c(Cl)c2)S(=O)(=O)c2ccc(C)cc2)cc(Br)c1OCc1ccc(Cl)cc1Cl. The number of halogens is 4. The molecule has 0 aliphatic carbocycles. The number of ether oxygens (including phenoxy) is 2. The van der Waals surface area contributed by atoms with Crippen molar-refractivity contribution in [3.8, 4) is 11.5 Å². The van der Waals surface area contributed by atoms with Crippen LogP contribution in [0.1, 0.15) is 22.3 Å². The highest BCUT2D eigenvalue weighted by atomic mass is 79.9. The number of hydrogen-bond acceptors (Lipinski definition) is 6. The van der Waals surface area contributed by atoms with Gasteiger partial charge in [-0.3, -0.25) is 9.10 Å². The average molecular weight is 740 g/mol. The van der Waals surface area contributed by atoms with Crippen LogP contribution in [0.25, 0.3) is 0 Å². The fourth-order valence-corrected chi connectivity index (χ4v) is 6.60. The Morgan fingerprint density at radius 3 is 2.36 bits per heavy atom. The van der Waals surface area contributed by atoms with Gasteiger partial charge in [0.15, 0.2) is 11.5 Å². The standard InChI is InChI=1S/C31H27BrCl3N3O5S/c1-19-4-10-25(11-5-19)44(40,41)38(24-9-6-20(2)27(34)15-24)17-30(39)37-36-16-21-12-26(32)31(29(13-21)42-3)43-18-22-7-8-23(33)14-28(22)35/h4-16H,17-18H2,1-3H3,(H,37,39)/b36-16-. The van der Waals surface area contributed by atoms with Gasteiger partial charge in [0.2, 0.25) is 0 Å². The molecule has 4 aromatic carbocycles. The highest BCUT2D eigenvalue weighted by Crippen LogP contribution is 2.37. The third kappa shape index (κ3) is 8.25. The number of carbonyl (C=O) groups is 1. The molecule has 0 bridgehead atoms. The highest BCUT2D eigenvalue weighted by molar-refractivity contribution is 9.10. The number of anilines is 1. The minimum Gasteiger partial charge on any atom is -0.493 e. The maximum atomic E-state index is 13.6. The Balaban J connectivity index is 1.50. The summed E-state index contributed by atoms with van der Waals surface area (Å²) in [5.74, 6) is 0.178. The quantitative estimate of drug-likeness (QED) is 0.124. The molecule has 0 unspecified atom stereocenters. The van der Waals surface area contributed by atoms with E-state index in [1.165, 1.54) is 31.5 Å². The Hall–Kier alpha value is -3.28. The molecule has 230 valence electrons. The maximum absolute atomic E-state index is 13.6. The van der Waals surface area contributed by atoms with E-state index in [-0.39, 0.29) is 17.2 Å². The summed E-state index contributed by atoms with van der Waals surface area (Å²) in [4.78, 5) is 13.0. The van der Waals surface area contributed by atoms with Gasteiger partial charge in [0.05, 0.1) is 28.4 Å². The van der Waals surface area contributed by atoms with Crippen LogP contribution in [0.4, 0.5) is 5.69 Å². The molecule has 44 heavy (non-hydrogen) atoms. The lowest BCUT2D eigenvalue weighted by atomic mass is 10.2. The van der Waals surface area contributed by atoms with Gasteiger partial charge in [-0.2, -0.15) is 5.10 Å². The second-order valence-corrected chi connectivity index (χ2v) is 13.6. The lowest BCUT2D eigenvalue weighted by Crippen LogP contribution is -2.39. The van der Waals surface area contributed by atoms with Gasteiger partial charge in [0.25, 0.3) is 15.9 Å². The Bertz CT molecular complexity index is 1820. The van der Waals surface area contributed by atoms with Gasteiger partial charge < -0.3 is 9.47 Å². The van der Waals surface area contributed by atoms with E-state index in [2.05, 4.69) is 26.5 Å². The number of nitrogens with zero attached hydrogens (tertiary/aromatic N) is 2. The monoisotopic (exact) mass is 737 g/mol. The largest absolute Gasteiger partial charge is 0.493 e. The number of carbonyl (C=O) groups excluding carboxylic acids is 1. The summed E-state index contributed by atoms with van der Waals surface area (Å²) < 4.78 is 40.2. The Morgan fingerprint density at radius 1 is 0.977 bits per heavy atom. The molecule has 1 N–H and O–H groups in total. The van der Waals surface area contributed by atoms with E-state index >= 15 is 0 Å². The molecule has 1 amide bonds. The predicted octanol–water partition coefficient (Wildman–Crippen LogP) is 7.96. The fraction of sp³-hybridized carbons (Fsp3) is 0.161. The zero-order valence-corrected chi connectivity index (χ0v) is 28.4. The van der Waals surface area contributed by atoms with Crippen molar-refractivity contribution in [3.63, 3.8) is 0 Å². The van der Waals surface area contributed by atoms with Crippen molar-refractivity contribution < 1.29 is 22.7 Å². The lowest BCUT2D eigenvalue weighted by Gasteiger charge is -2.24. The van der Waals surface area contributed by atoms with Crippen molar-refractivity contribution >= 4 is 78.6 Å². The molecule has 0 spiro atoms. The first kappa shape index (κ1) is 33.6. The molecule has 0 aromatic heterocycles. The third-order valence-electron chi connectivity index (χ3n) is 6.38. The third-order valence-corrected chi connectivity index (χ3v) is 9.75. The van der Waals surface area contributed by atoms with Gasteiger partial charge in [0.1, 0.15) is 13.2 Å². The fourth-order valence-electron chi connectivity index (χ4n) is 3.98. The topological polar surface area (TPSA) is 97.3 Å². The van der Waals surface area contributed by atoms with Gasteiger partial charge in [0, 0.05) is 20.6 Å². The molecule has 0 radical (unpaired) electrons. The molecule has 0 saturated heterocycles. The van der Waals surface area contributed by atoms with Crippen molar-refractivity contribution in [1.29, 1.82) is 0 Å². The van der Waals surface area contributed by atoms with E-state index in [9.17, 15) is 13.2 Å². The maximum Gasteiger partial charge on any atom is 0.264 e. The van der Waals surface area contributed by atoms with Crippen LogP contribution in [0.3, 0.4) is 0 Å². The number of benzene rings is 4. The van der Waals surface area contributed by atoms with Crippen molar-refractivity contribution in [2.75, 3.05) is 18.0 Å². The van der Waals surface area contributed by atoms with Crippen LogP contribution in [-0.2, 0) is 21.4 Å². The van der Waals surface area contributed by atoms with Gasteiger partial charge >= 0.3 is 0 Å². The first-order chi connectivity index (χ1) is 20.9. The summed E-state index contributed by atoms with van der Waals surface area (Å²) in [6.45, 7) is 3.28. The smallest absolute Gasteiger partial charge is 0.264 e. The van der Waals surface area contributed by atoms with Crippen molar-refractivity contribution in [2.45, 2.75) is 25.3 Å². The molecule has 13 heteroatoms. The summed E-state index contributed by atoms with van der Waals surface area (Å²) in [5.41, 5.74) is 5.61. The van der Waals surface area contributed by atoms with Crippen LogP contribution < -0.4 is 19.2 Å². The van der Waals surface area contributed by atoms with Crippen LogP contribution >= 0.6 is 50.7 Å². The van der Waals surface area contributed by atoms with Gasteiger partial charge in [-0.1, -0.05) is 64.6 Å². The normalized spacial score (nSPS) is 11.4. The molecule has 8 nitrogen and oxygen atoms in total. The summed E-state index contributed by atoms with van der Waals surface area (Å²) in [5, 5.41) is 5.39. The van der Waals surface area contributed by atoms with E-state index in [4.69, 9.17) is 44.3 Å². The van der Waals surface area contributed by atoms with Gasteiger partial charge in [-0.15, -0.1) is 0 Å². The Kier molecular flexibility index (Phi) is 11.2. The van der Waals surface area contributed by atoms with Crippen molar-refractivity contribution in [2.24, 2.45) is 5.10 Å². The van der Waals surface area contributed by atoms with Crippen LogP contribution in [0.5, 0.6) is 11.5 Å². The molecule has 0 saturated carbocycles. The molecule has 4 rings (SSSR count). The van der Waals surface area contributed by atoms with Crippen LogP contribution in [0.15, 0.2) is 87.3 Å². The van der Waals surface area contributed by atoms with Crippen LogP contribution in [-0.4, -0.2) is 34.2 Å². The zero-order chi connectivity index (χ0) is 32.0. The second kappa shape index (κ2) is 14.7. The predicted molar refractivity (Wildman–Crippen MR) is 179 cm³/mol. The molecule has 0 heterocycles. The lowest BCUT2D eigenvalue weighted by molar-refractivity contribution is -0.119. The molecule has 0 aliphatic rings.